The standard InChI is InChI=1S/C11H12BrCl2NO2/c12-9-3-1-2-8(10(9)14)11(16)15-5-7-17-6-4-13/h1-3H,4-7H2,(H,15,16). The van der Waals surface area contributed by atoms with Gasteiger partial charge in [-0.25, -0.2) is 0 Å². The lowest BCUT2D eigenvalue weighted by molar-refractivity contribution is 0.0923. The molecule has 1 N–H and O–H groups in total. The third-order valence-corrected chi connectivity index (χ3v) is 3.40. The number of amides is 1. The minimum Gasteiger partial charge on any atom is -0.378 e. The van der Waals surface area contributed by atoms with Gasteiger partial charge in [-0.15, -0.1) is 11.6 Å². The average molecular weight is 341 g/mol. The van der Waals surface area contributed by atoms with Crippen molar-refractivity contribution in [1.29, 1.82) is 0 Å². The van der Waals surface area contributed by atoms with Crippen molar-refractivity contribution in [2.45, 2.75) is 0 Å². The lowest BCUT2D eigenvalue weighted by Gasteiger charge is -2.07. The van der Waals surface area contributed by atoms with Gasteiger partial charge in [-0.1, -0.05) is 17.7 Å². The number of carbonyl (C=O) groups is 1. The monoisotopic (exact) mass is 339 g/mol. The third-order valence-electron chi connectivity index (χ3n) is 1.95. The van der Waals surface area contributed by atoms with E-state index in [0.717, 1.165) is 0 Å². The second-order valence-corrected chi connectivity index (χ2v) is 4.77. The molecule has 0 spiro atoms. The highest BCUT2D eigenvalue weighted by molar-refractivity contribution is 9.10. The van der Waals surface area contributed by atoms with Gasteiger partial charge in [0.05, 0.1) is 23.8 Å². The first-order valence-electron chi connectivity index (χ1n) is 5.02. The molecule has 94 valence electrons. The van der Waals surface area contributed by atoms with Crippen LogP contribution in [0.5, 0.6) is 0 Å². The van der Waals surface area contributed by atoms with Crippen LogP contribution in [0.3, 0.4) is 0 Å². The van der Waals surface area contributed by atoms with Gasteiger partial charge in [0, 0.05) is 16.9 Å². The van der Waals surface area contributed by atoms with E-state index in [9.17, 15) is 4.79 Å². The van der Waals surface area contributed by atoms with E-state index in [1.165, 1.54) is 0 Å². The minimum atomic E-state index is -0.217. The van der Waals surface area contributed by atoms with Gasteiger partial charge in [-0.05, 0) is 28.1 Å². The van der Waals surface area contributed by atoms with Gasteiger partial charge >= 0.3 is 0 Å². The number of nitrogens with one attached hydrogen (secondary N) is 1. The van der Waals surface area contributed by atoms with Crippen LogP contribution < -0.4 is 5.32 Å². The van der Waals surface area contributed by atoms with E-state index in [4.69, 9.17) is 27.9 Å². The quantitative estimate of drug-likeness (QED) is 0.638. The van der Waals surface area contributed by atoms with Gasteiger partial charge in [-0.3, -0.25) is 4.79 Å². The zero-order valence-electron chi connectivity index (χ0n) is 9.01. The van der Waals surface area contributed by atoms with Crippen LogP contribution in [0.15, 0.2) is 22.7 Å². The summed E-state index contributed by atoms with van der Waals surface area (Å²) in [7, 11) is 0. The number of rotatable bonds is 6. The van der Waals surface area contributed by atoms with E-state index in [-0.39, 0.29) is 5.91 Å². The van der Waals surface area contributed by atoms with E-state index >= 15 is 0 Å². The van der Waals surface area contributed by atoms with E-state index in [1.54, 1.807) is 18.2 Å². The fraction of sp³-hybridized carbons (Fsp3) is 0.364. The summed E-state index contributed by atoms with van der Waals surface area (Å²) in [4.78, 5) is 11.8. The predicted molar refractivity (Wildman–Crippen MR) is 73.0 cm³/mol. The molecule has 1 rings (SSSR count). The summed E-state index contributed by atoms with van der Waals surface area (Å²) >= 11 is 14.7. The van der Waals surface area contributed by atoms with Crippen LogP contribution in [0.1, 0.15) is 10.4 Å². The fourth-order valence-corrected chi connectivity index (χ4v) is 1.85. The highest BCUT2D eigenvalue weighted by atomic mass is 79.9. The summed E-state index contributed by atoms with van der Waals surface area (Å²) in [6.45, 7) is 1.34. The molecule has 6 heteroatoms. The normalized spacial score (nSPS) is 10.3. The number of hydrogen-bond donors (Lipinski definition) is 1. The number of hydrogen-bond acceptors (Lipinski definition) is 2. The van der Waals surface area contributed by atoms with Gasteiger partial charge in [0.2, 0.25) is 0 Å². The molecule has 1 amide bonds. The maximum absolute atomic E-state index is 11.8. The molecule has 1 aromatic carbocycles. The van der Waals surface area contributed by atoms with Gasteiger partial charge < -0.3 is 10.1 Å². The average Bonchev–Trinajstić information content (AvgIpc) is 2.32. The molecule has 0 fully saturated rings. The third kappa shape index (κ3) is 4.84. The number of carbonyl (C=O) groups excluding carboxylic acids is 1. The molecule has 0 saturated carbocycles. The zero-order valence-corrected chi connectivity index (χ0v) is 12.1. The summed E-state index contributed by atoms with van der Waals surface area (Å²) in [5.41, 5.74) is 0.443. The Labute approximate surface area is 119 Å². The maximum atomic E-state index is 11.8. The summed E-state index contributed by atoms with van der Waals surface area (Å²) < 4.78 is 5.83. The van der Waals surface area contributed by atoms with Crippen LogP contribution in [-0.4, -0.2) is 31.5 Å². The molecule has 0 bridgehead atoms. The Morgan fingerprint density at radius 1 is 1.41 bits per heavy atom. The van der Waals surface area contributed by atoms with Crippen LogP contribution in [0.25, 0.3) is 0 Å². The molecule has 17 heavy (non-hydrogen) atoms. The van der Waals surface area contributed by atoms with Gasteiger partial charge in [0.1, 0.15) is 0 Å². The maximum Gasteiger partial charge on any atom is 0.252 e. The summed E-state index contributed by atoms with van der Waals surface area (Å²) in [5.74, 6) is 0.233. The number of benzene rings is 1. The van der Waals surface area contributed by atoms with Crippen LogP contribution in [-0.2, 0) is 4.74 Å². The molecule has 0 atom stereocenters. The van der Waals surface area contributed by atoms with Crippen molar-refractivity contribution in [2.75, 3.05) is 25.6 Å². The highest BCUT2D eigenvalue weighted by Gasteiger charge is 2.11. The second-order valence-electron chi connectivity index (χ2n) is 3.16. The van der Waals surface area contributed by atoms with Crippen LogP contribution in [0.4, 0.5) is 0 Å². The van der Waals surface area contributed by atoms with E-state index in [2.05, 4.69) is 21.2 Å². The Hall–Kier alpha value is -0.290. The molecule has 0 radical (unpaired) electrons. The molecular weight excluding hydrogens is 329 g/mol. The Morgan fingerprint density at radius 3 is 2.88 bits per heavy atom. The van der Waals surface area contributed by atoms with Crippen molar-refractivity contribution in [1.82, 2.24) is 5.32 Å². The van der Waals surface area contributed by atoms with Crippen LogP contribution in [0, 0.1) is 0 Å². The molecule has 0 aromatic heterocycles. The number of alkyl halides is 1. The topological polar surface area (TPSA) is 38.3 Å². The smallest absolute Gasteiger partial charge is 0.252 e. The van der Waals surface area contributed by atoms with Crippen molar-refractivity contribution in [3.8, 4) is 0 Å². The molecule has 0 aliphatic carbocycles. The van der Waals surface area contributed by atoms with Crippen molar-refractivity contribution in [3.63, 3.8) is 0 Å². The molecule has 1 aromatic rings. The first kappa shape index (κ1) is 14.8. The fourth-order valence-electron chi connectivity index (χ4n) is 1.17. The Bertz CT molecular complexity index is 388. The Balaban J connectivity index is 2.44. The van der Waals surface area contributed by atoms with E-state index < -0.39 is 0 Å². The first-order chi connectivity index (χ1) is 8.16. The number of ether oxygens (including phenoxy) is 1. The molecule has 0 unspecified atom stereocenters. The van der Waals surface area contributed by atoms with Crippen LogP contribution >= 0.6 is 39.1 Å². The van der Waals surface area contributed by atoms with Crippen molar-refractivity contribution in [3.05, 3.63) is 33.3 Å². The minimum absolute atomic E-state index is 0.217. The Morgan fingerprint density at radius 2 is 2.18 bits per heavy atom. The van der Waals surface area contributed by atoms with Crippen LogP contribution in [0.2, 0.25) is 5.02 Å². The summed E-state index contributed by atoms with van der Waals surface area (Å²) in [6.07, 6.45) is 0. The van der Waals surface area contributed by atoms with Crippen molar-refractivity contribution < 1.29 is 9.53 Å². The zero-order chi connectivity index (χ0) is 12.7. The molecule has 0 saturated heterocycles. The van der Waals surface area contributed by atoms with Gasteiger partial charge in [-0.2, -0.15) is 0 Å². The molecule has 0 aliphatic rings. The molecule has 0 aliphatic heterocycles. The van der Waals surface area contributed by atoms with E-state index in [0.29, 0.717) is 40.7 Å². The summed E-state index contributed by atoms with van der Waals surface area (Å²) in [5, 5.41) is 3.12. The van der Waals surface area contributed by atoms with E-state index in [1.807, 2.05) is 0 Å². The van der Waals surface area contributed by atoms with Crippen molar-refractivity contribution in [2.24, 2.45) is 0 Å². The lowest BCUT2D eigenvalue weighted by atomic mass is 10.2. The SMILES string of the molecule is O=C(NCCOCCCl)c1cccc(Br)c1Cl. The largest absolute Gasteiger partial charge is 0.378 e. The lowest BCUT2D eigenvalue weighted by Crippen LogP contribution is -2.27. The summed E-state index contributed by atoms with van der Waals surface area (Å²) in [6, 6.07) is 5.21. The predicted octanol–water partition coefficient (Wildman–Crippen LogP) is 3.09. The molecule has 0 heterocycles. The second kappa shape index (κ2) is 7.93. The van der Waals surface area contributed by atoms with Crippen molar-refractivity contribution >= 4 is 45.0 Å². The van der Waals surface area contributed by atoms with Gasteiger partial charge in [0.15, 0.2) is 0 Å². The highest BCUT2D eigenvalue weighted by Crippen LogP contribution is 2.25. The Kier molecular flexibility index (Phi) is 6.89. The molecule has 3 nitrogen and oxygen atoms in total. The first-order valence-corrected chi connectivity index (χ1v) is 6.73. The number of halogens is 3. The molecular formula is C11H12BrCl2NO2. The van der Waals surface area contributed by atoms with Gasteiger partial charge in [0.25, 0.3) is 5.91 Å².